The Morgan fingerprint density at radius 1 is 1.36 bits per heavy atom. The highest BCUT2D eigenvalue weighted by molar-refractivity contribution is 6.57. The van der Waals surface area contributed by atoms with Crippen LogP contribution in [0.5, 0.6) is 0 Å². The summed E-state index contributed by atoms with van der Waals surface area (Å²) in [6.07, 6.45) is 1.94. The molecule has 0 bridgehead atoms. The molecule has 0 aliphatic rings. The first-order valence-corrected chi connectivity index (χ1v) is 7.21. The van der Waals surface area contributed by atoms with Crippen molar-refractivity contribution >= 4 is 8.80 Å². The molecule has 14 heavy (non-hydrogen) atoms. The Balaban J connectivity index is 3.13. The second kappa shape index (κ2) is 8.34. The summed E-state index contributed by atoms with van der Waals surface area (Å²) in [4.78, 5) is 9.43. The lowest BCUT2D eigenvalue weighted by Crippen LogP contribution is -2.37. The molecule has 0 radical (unpaired) electrons. The van der Waals surface area contributed by atoms with Crippen LogP contribution in [0.2, 0.25) is 6.55 Å². The van der Waals surface area contributed by atoms with Crippen LogP contribution in [-0.4, -0.2) is 47.0 Å². The molecule has 0 aromatic rings. The lowest BCUT2D eigenvalue weighted by Gasteiger charge is -2.17. The standard InChI is InChI=1S/C8H22N2O3Si/c1-12-14(2,11)13-8-4-3-6-10-7-5-9/h10-11H,3-9H2,1-2H3. The molecule has 0 heterocycles. The number of hydrogen-bond acceptors (Lipinski definition) is 5. The molecule has 4 N–H and O–H groups in total. The first-order chi connectivity index (χ1) is 6.62. The smallest absolute Gasteiger partial charge is 0.390 e. The lowest BCUT2D eigenvalue weighted by molar-refractivity contribution is 0.127. The molecule has 0 aromatic carbocycles. The second-order valence-corrected chi connectivity index (χ2v) is 5.69. The zero-order valence-corrected chi connectivity index (χ0v) is 10.1. The van der Waals surface area contributed by atoms with E-state index in [-0.39, 0.29) is 0 Å². The van der Waals surface area contributed by atoms with Crippen LogP contribution in [0.15, 0.2) is 0 Å². The molecule has 0 saturated carbocycles. The van der Waals surface area contributed by atoms with Gasteiger partial charge in [-0.3, -0.25) is 0 Å². The summed E-state index contributed by atoms with van der Waals surface area (Å²) >= 11 is 0. The quantitative estimate of drug-likeness (QED) is 0.363. The maximum Gasteiger partial charge on any atom is 0.494 e. The predicted octanol–water partition coefficient (Wildman–Crippen LogP) is -0.461. The van der Waals surface area contributed by atoms with Crippen molar-refractivity contribution in [3.05, 3.63) is 0 Å². The SMILES string of the molecule is CO[Si](C)(O)OCCCCNCCN. The van der Waals surface area contributed by atoms with E-state index in [9.17, 15) is 4.80 Å². The molecule has 1 atom stereocenters. The van der Waals surface area contributed by atoms with Gasteiger partial charge in [-0.2, -0.15) is 0 Å². The number of nitrogens with two attached hydrogens (primary N) is 1. The monoisotopic (exact) mass is 222 g/mol. The van der Waals surface area contributed by atoms with Crippen molar-refractivity contribution < 1.29 is 13.6 Å². The number of unbranched alkanes of at least 4 members (excludes halogenated alkanes) is 1. The van der Waals surface area contributed by atoms with Crippen LogP contribution in [0.1, 0.15) is 12.8 Å². The van der Waals surface area contributed by atoms with Gasteiger partial charge in [0.2, 0.25) is 0 Å². The fourth-order valence-electron chi connectivity index (χ4n) is 0.900. The number of nitrogens with one attached hydrogen (secondary N) is 1. The van der Waals surface area contributed by atoms with Gasteiger partial charge in [-0.15, -0.1) is 0 Å². The van der Waals surface area contributed by atoms with Crippen molar-refractivity contribution in [2.24, 2.45) is 5.73 Å². The molecule has 6 heteroatoms. The van der Waals surface area contributed by atoms with Crippen LogP contribution in [0.25, 0.3) is 0 Å². The molecular weight excluding hydrogens is 200 g/mol. The summed E-state index contributed by atoms with van der Waals surface area (Å²) in [5.41, 5.74) is 5.31. The highest BCUT2D eigenvalue weighted by Crippen LogP contribution is 2.01. The summed E-state index contributed by atoms with van der Waals surface area (Å²) in [6.45, 7) is 4.63. The molecular formula is C8H22N2O3Si. The summed E-state index contributed by atoms with van der Waals surface area (Å²) < 4.78 is 10.0. The van der Waals surface area contributed by atoms with E-state index >= 15 is 0 Å². The lowest BCUT2D eigenvalue weighted by atomic mass is 10.3. The third-order valence-corrected chi connectivity index (χ3v) is 3.31. The van der Waals surface area contributed by atoms with Gasteiger partial charge in [0.15, 0.2) is 0 Å². The van der Waals surface area contributed by atoms with Gasteiger partial charge in [-0.1, -0.05) is 0 Å². The van der Waals surface area contributed by atoms with Gasteiger partial charge in [-0.25, -0.2) is 0 Å². The van der Waals surface area contributed by atoms with E-state index < -0.39 is 8.80 Å². The van der Waals surface area contributed by atoms with E-state index in [1.54, 1.807) is 6.55 Å². The van der Waals surface area contributed by atoms with E-state index in [4.69, 9.17) is 14.6 Å². The normalized spacial score (nSPS) is 15.4. The molecule has 0 saturated heterocycles. The molecule has 0 spiro atoms. The minimum absolute atomic E-state index is 0.553. The summed E-state index contributed by atoms with van der Waals surface area (Å²) in [5.74, 6) is 0. The summed E-state index contributed by atoms with van der Waals surface area (Å²) in [6, 6.07) is 0. The van der Waals surface area contributed by atoms with Gasteiger partial charge >= 0.3 is 8.80 Å². The minimum Gasteiger partial charge on any atom is -0.390 e. The Bertz CT molecular complexity index is 136. The van der Waals surface area contributed by atoms with Crippen molar-refractivity contribution in [1.82, 2.24) is 5.32 Å². The second-order valence-electron chi connectivity index (χ2n) is 3.20. The Hall–Kier alpha value is 0.0169. The van der Waals surface area contributed by atoms with Crippen LogP contribution in [-0.2, 0) is 8.85 Å². The van der Waals surface area contributed by atoms with Gasteiger partial charge < -0.3 is 24.7 Å². The predicted molar refractivity (Wildman–Crippen MR) is 58.0 cm³/mol. The average molecular weight is 222 g/mol. The van der Waals surface area contributed by atoms with Crippen molar-refractivity contribution in [1.29, 1.82) is 0 Å². The van der Waals surface area contributed by atoms with E-state index in [0.29, 0.717) is 13.2 Å². The molecule has 0 aliphatic carbocycles. The Labute approximate surface area is 87.0 Å². The molecule has 0 aliphatic heterocycles. The zero-order valence-electron chi connectivity index (χ0n) is 9.08. The Morgan fingerprint density at radius 2 is 2.07 bits per heavy atom. The van der Waals surface area contributed by atoms with Crippen molar-refractivity contribution in [3.63, 3.8) is 0 Å². The van der Waals surface area contributed by atoms with Crippen LogP contribution in [0.3, 0.4) is 0 Å². The van der Waals surface area contributed by atoms with Crippen molar-refractivity contribution in [2.45, 2.75) is 19.4 Å². The molecule has 0 amide bonds. The van der Waals surface area contributed by atoms with Crippen LogP contribution < -0.4 is 11.1 Å². The van der Waals surface area contributed by atoms with Gasteiger partial charge in [0.1, 0.15) is 0 Å². The van der Waals surface area contributed by atoms with Gasteiger partial charge in [-0.05, 0) is 19.4 Å². The minimum atomic E-state index is -2.79. The van der Waals surface area contributed by atoms with E-state index in [1.807, 2.05) is 0 Å². The van der Waals surface area contributed by atoms with Crippen LogP contribution in [0, 0.1) is 0 Å². The van der Waals surface area contributed by atoms with Crippen LogP contribution >= 0.6 is 0 Å². The number of rotatable bonds is 9. The first kappa shape index (κ1) is 14.0. The van der Waals surface area contributed by atoms with Gasteiger partial charge in [0.05, 0.1) is 0 Å². The molecule has 0 fully saturated rings. The molecule has 1 unspecified atom stereocenters. The largest absolute Gasteiger partial charge is 0.494 e. The van der Waals surface area contributed by atoms with Crippen LogP contribution in [0.4, 0.5) is 0 Å². The first-order valence-electron chi connectivity index (χ1n) is 4.94. The number of hydrogen-bond donors (Lipinski definition) is 3. The van der Waals surface area contributed by atoms with Gasteiger partial charge in [0.25, 0.3) is 0 Å². The summed E-state index contributed by atoms with van der Waals surface area (Å²) in [5, 5.41) is 3.18. The fourth-order valence-corrected chi connectivity index (χ4v) is 1.54. The fraction of sp³-hybridized carbons (Fsp3) is 1.00. The molecule has 86 valence electrons. The maximum atomic E-state index is 9.43. The van der Waals surface area contributed by atoms with Crippen molar-refractivity contribution in [2.75, 3.05) is 33.4 Å². The highest BCUT2D eigenvalue weighted by atomic mass is 28.4. The third-order valence-electron chi connectivity index (χ3n) is 1.82. The molecule has 0 rings (SSSR count). The Kier molecular flexibility index (Phi) is 8.35. The average Bonchev–Trinajstić information content (AvgIpc) is 2.16. The highest BCUT2D eigenvalue weighted by Gasteiger charge is 2.27. The molecule has 5 nitrogen and oxygen atoms in total. The maximum absolute atomic E-state index is 9.43. The topological polar surface area (TPSA) is 76.7 Å². The van der Waals surface area contributed by atoms with E-state index in [1.165, 1.54) is 7.11 Å². The molecule has 0 aromatic heterocycles. The third kappa shape index (κ3) is 8.61. The van der Waals surface area contributed by atoms with Crippen molar-refractivity contribution in [3.8, 4) is 0 Å². The van der Waals surface area contributed by atoms with E-state index in [2.05, 4.69) is 5.32 Å². The van der Waals surface area contributed by atoms with Gasteiger partial charge in [0, 0.05) is 33.4 Å². The zero-order chi connectivity index (χ0) is 10.9. The Morgan fingerprint density at radius 3 is 2.64 bits per heavy atom. The summed E-state index contributed by atoms with van der Waals surface area (Å²) in [7, 11) is -1.33. The van der Waals surface area contributed by atoms with E-state index in [0.717, 1.165) is 25.9 Å².